The summed E-state index contributed by atoms with van der Waals surface area (Å²) in [7, 11) is -1.52. The Kier molecular flexibility index (Phi) is 5.30. The monoisotopic (exact) mass is 274 g/mol. The van der Waals surface area contributed by atoms with Crippen LogP contribution in [0.1, 0.15) is 26.5 Å². The van der Waals surface area contributed by atoms with Crippen molar-refractivity contribution in [2.45, 2.75) is 38.6 Å². The van der Waals surface area contributed by atoms with Gasteiger partial charge in [-0.15, -0.1) is 0 Å². The summed E-state index contributed by atoms with van der Waals surface area (Å²) in [6.45, 7) is 6.38. The molecule has 1 aromatic heterocycles. The number of nitrogens with zero attached hydrogens (tertiary/aromatic N) is 2. The van der Waals surface area contributed by atoms with Gasteiger partial charge in [-0.05, 0) is 13.0 Å². The molecule has 1 heterocycles. The van der Waals surface area contributed by atoms with Crippen molar-refractivity contribution >= 4 is 10.0 Å². The van der Waals surface area contributed by atoms with Gasteiger partial charge in [0.15, 0.2) is 0 Å². The molecule has 0 radical (unpaired) electrons. The molecule has 0 aliphatic carbocycles. The largest absolute Gasteiger partial charge is 0.313 e. The lowest BCUT2D eigenvalue weighted by Gasteiger charge is -2.16. The lowest BCUT2D eigenvalue weighted by Crippen LogP contribution is -2.40. The Hall–Kier alpha value is -0.920. The molecule has 1 aromatic rings. The summed E-state index contributed by atoms with van der Waals surface area (Å²) in [6.07, 6.45) is 1.65. The Balaban J connectivity index is 2.51. The van der Waals surface area contributed by atoms with Crippen molar-refractivity contribution in [2.75, 3.05) is 6.54 Å². The third-order valence-corrected chi connectivity index (χ3v) is 4.49. The summed E-state index contributed by atoms with van der Waals surface area (Å²) >= 11 is 0. The van der Waals surface area contributed by atoms with Crippen molar-refractivity contribution in [2.24, 2.45) is 7.05 Å². The fraction of sp³-hybridized carbons (Fsp3) is 0.727. The number of hydrogen-bond donors (Lipinski definition) is 2. The van der Waals surface area contributed by atoms with Crippen molar-refractivity contribution in [3.05, 3.63) is 18.0 Å². The Labute approximate surface area is 109 Å². The maximum atomic E-state index is 12.0. The number of aryl methyl sites for hydroxylation is 1. The van der Waals surface area contributed by atoms with Crippen LogP contribution in [0.5, 0.6) is 0 Å². The van der Waals surface area contributed by atoms with Gasteiger partial charge in [-0.1, -0.05) is 13.8 Å². The highest BCUT2D eigenvalue weighted by atomic mass is 32.2. The van der Waals surface area contributed by atoms with Crippen LogP contribution in [-0.4, -0.2) is 36.0 Å². The van der Waals surface area contributed by atoms with Gasteiger partial charge in [0, 0.05) is 25.8 Å². The molecular weight excluding hydrogens is 252 g/mol. The van der Waals surface area contributed by atoms with Crippen LogP contribution < -0.4 is 10.0 Å². The third-order valence-electron chi connectivity index (χ3n) is 2.72. The highest BCUT2D eigenvalue weighted by Gasteiger charge is 2.20. The van der Waals surface area contributed by atoms with Gasteiger partial charge in [0.1, 0.15) is 0 Å². The standard InChI is InChI=1S/C11H22N4O2S/c1-9(2)12-7-10(3)18(16,17)14-8-11-5-6-13-15(11)4/h5-6,9-10,12,14H,7-8H2,1-4H3. The van der Waals surface area contributed by atoms with Crippen molar-refractivity contribution in [1.29, 1.82) is 0 Å². The summed E-state index contributed by atoms with van der Waals surface area (Å²) in [5.74, 6) is 0. The molecule has 0 saturated carbocycles. The minimum atomic E-state index is -3.30. The fourth-order valence-electron chi connectivity index (χ4n) is 1.40. The molecular formula is C11H22N4O2S. The van der Waals surface area contributed by atoms with Gasteiger partial charge >= 0.3 is 0 Å². The predicted molar refractivity (Wildman–Crippen MR) is 71.6 cm³/mol. The smallest absolute Gasteiger partial charge is 0.215 e. The molecule has 0 saturated heterocycles. The zero-order chi connectivity index (χ0) is 13.8. The van der Waals surface area contributed by atoms with E-state index in [1.807, 2.05) is 13.8 Å². The van der Waals surface area contributed by atoms with Gasteiger partial charge in [0.2, 0.25) is 10.0 Å². The fourth-order valence-corrected chi connectivity index (χ4v) is 2.35. The van der Waals surface area contributed by atoms with Crippen molar-refractivity contribution < 1.29 is 8.42 Å². The van der Waals surface area contributed by atoms with Gasteiger partial charge in [-0.2, -0.15) is 5.10 Å². The molecule has 2 N–H and O–H groups in total. The number of rotatable bonds is 7. The summed E-state index contributed by atoms with van der Waals surface area (Å²) in [4.78, 5) is 0. The molecule has 1 atom stereocenters. The Bertz CT molecular complexity index is 467. The van der Waals surface area contributed by atoms with Crippen molar-refractivity contribution in [3.63, 3.8) is 0 Å². The number of hydrogen-bond acceptors (Lipinski definition) is 4. The minimum Gasteiger partial charge on any atom is -0.313 e. The average Bonchev–Trinajstić information content (AvgIpc) is 2.69. The molecule has 6 nitrogen and oxygen atoms in total. The van der Waals surface area contributed by atoms with Crippen LogP contribution in [0.4, 0.5) is 0 Å². The predicted octanol–water partition coefficient (Wildman–Crippen LogP) is 0.226. The minimum absolute atomic E-state index is 0.269. The van der Waals surface area contributed by atoms with Crippen LogP contribution in [0.2, 0.25) is 0 Å². The quantitative estimate of drug-likeness (QED) is 0.746. The second-order valence-corrected chi connectivity index (χ2v) is 6.87. The van der Waals surface area contributed by atoms with E-state index in [1.165, 1.54) is 0 Å². The lowest BCUT2D eigenvalue weighted by atomic mass is 10.3. The van der Waals surface area contributed by atoms with Crippen LogP contribution in [0.25, 0.3) is 0 Å². The molecule has 7 heteroatoms. The zero-order valence-corrected chi connectivity index (χ0v) is 12.2. The highest BCUT2D eigenvalue weighted by molar-refractivity contribution is 7.90. The first-order chi connectivity index (χ1) is 8.33. The summed E-state index contributed by atoms with van der Waals surface area (Å²) in [5.41, 5.74) is 0.836. The van der Waals surface area contributed by atoms with Gasteiger partial charge in [-0.3, -0.25) is 4.68 Å². The first kappa shape index (κ1) is 15.1. The number of nitrogens with one attached hydrogen (secondary N) is 2. The number of aromatic nitrogens is 2. The average molecular weight is 274 g/mol. The van der Waals surface area contributed by atoms with Gasteiger partial charge in [-0.25, -0.2) is 13.1 Å². The van der Waals surface area contributed by atoms with E-state index in [0.29, 0.717) is 6.54 Å². The summed E-state index contributed by atoms with van der Waals surface area (Å²) in [5, 5.41) is 6.65. The van der Waals surface area contributed by atoms with Crippen LogP contribution in [0.15, 0.2) is 12.3 Å². The third kappa shape index (κ3) is 4.40. The molecule has 1 rings (SSSR count). The maximum Gasteiger partial charge on any atom is 0.215 e. The lowest BCUT2D eigenvalue weighted by molar-refractivity contribution is 0.538. The number of sulfonamides is 1. The molecule has 0 bridgehead atoms. The molecule has 18 heavy (non-hydrogen) atoms. The zero-order valence-electron chi connectivity index (χ0n) is 11.3. The van der Waals surface area contributed by atoms with E-state index < -0.39 is 15.3 Å². The van der Waals surface area contributed by atoms with E-state index in [-0.39, 0.29) is 12.6 Å². The first-order valence-electron chi connectivity index (χ1n) is 6.01. The first-order valence-corrected chi connectivity index (χ1v) is 7.56. The van der Waals surface area contributed by atoms with Crippen molar-refractivity contribution in [1.82, 2.24) is 19.8 Å². The maximum absolute atomic E-state index is 12.0. The Morgan fingerprint density at radius 2 is 2.06 bits per heavy atom. The molecule has 1 unspecified atom stereocenters. The Morgan fingerprint density at radius 1 is 1.39 bits per heavy atom. The topological polar surface area (TPSA) is 76.0 Å². The van der Waals surface area contributed by atoms with Crippen molar-refractivity contribution in [3.8, 4) is 0 Å². The van der Waals surface area contributed by atoms with E-state index in [2.05, 4.69) is 15.1 Å². The highest BCUT2D eigenvalue weighted by Crippen LogP contribution is 2.01. The van der Waals surface area contributed by atoms with Crippen LogP contribution in [0.3, 0.4) is 0 Å². The van der Waals surface area contributed by atoms with E-state index >= 15 is 0 Å². The second-order valence-electron chi connectivity index (χ2n) is 4.69. The van der Waals surface area contributed by atoms with Gasteiger partial charge < -0.3 is 5.32 Å². The van der Waals surface area contributed by atoms with Crippen LogP contribution >= 0.6 is 0 Å². The molecule has 0 amide bonds. The summed E-state index contributed by atoms with van der Waals surface area (Å²) < 4.78 is 28.2. The molecule has 0 aliphatic rings. The molecule has 0 spiro atoms. The van der Waals surface area contributed by atoms with Gasteiger partial charge in [0.25, 0.3) is 0 Å². The Morgan fingerprint density at radius 3 is 2.56 bits per heavy atom. The van der Waals surface area contributed by atoms with E-state index in [9.17, 15) is 8.42 Å². The summed E-state index contributed by atoms with van der Waals surface area (Å²) in [6, 6.07) is 2.07. The molecule has 0 fully saturated rings. The SMILES string of the molecule is CC(C)NCC(C)S(=O)(=O)NCc1ccnn1C. The van der Waals surface area contributed by atoms with Crippen LogP contribution in [0, 0.1) is 0 Å². The van der Waals surface area contributed by atoms with Crippen LogP contribution in [-0.2, 0) is 23.6 Å². The van der Waals surface area contributed by atoms with E-state index in [4.69, 9.17) is 0 Å². The van der Waals surface area contributed by atoms with Gasteiger partial charge in [0.05, 0.1) is 17.5 Å². The normalized spacial score (nSPS) is 14.1. The molecule has 104 valence electrons. The molecule has 0 aromatic carbocycles. The van der Waals surface area contributed by atoms with E-state index in [1.54, 1.807) is 30.9 Å². The second kappa shape index (κ2) is 6.31. The molecule has 0 aliphatic heterocycles. The van der Waals surface area contributed by atoms with E-state index in [0.717, 1.165) is 5.69 Å².